The van der Waals surface area contributed by atoms with Gasteiger partial charge in [0.25, 0.3) is 5.91 Å². The maximum Gasteiger partial charge on any atom is 0.251 e. The molecule has 2 N–H and O–H groups in total. The van der Waals surface area contributed by atoms with Crippen molar-refractivity contribution < 1.29 is 4.79 Å². The lowest BCUT2D eigenvalue weighted by molar-refractivity contribution is 0.100. The molecule has 5 heteroatoms. The minimum atomic E-state index is -0.388. The number of fused-ring (bicyclic) bond motifs is 1. The molecule has 0 aliphatic rings. The van der Waals surface area contributed by atoms with Crippen LogP contribution in [-0.2, 0) is 6.54 Å². The van der Waals surface area contributed by atoms with E-state index in [4.69, 9.17) is 5.73 Å². The minimum absolute atomic E-state index is 0.388. The Hall–Kier alpha value is -1.36. The number of amides is 1. The molecule has 0 aliphatic heterocycles. The molecule has 0 atom stereocenters. The van der Waals surface area contributed by atoms with Crippen LogP contribution in [0, 0.1) is 0 Å². The van der Waals surface area contributed by atoms with Crippen LogP contribution in [-0.4, -0.2) is 15.5 Å². The average Bonchev–Trinajstić information content (AvgIpc) is 2.61. The highest BCUT2D eigenvalue weighted by Crippen LogP contribution is 2.23. The molecule has 13 heavy (non-hydrogen) atoms. The van der Waals surface area contributed by atoms with Gasteiger partial charge in [-0.2, -0.15) is 0 Å². The molecule has 2 aromatic rings. The van der Waals surface area contributed by atoms with E-state index in [-0.39, 0.29) is 5.91 Å². The van der Waals surface area contributed by atoms with Gasteiger partial charge in [-0.05, 0) is 6.92 Å². The Balaban J connectivity index is 2.75. The normalized spacial score (nSPS) is 10.8. The fraction of sp³-hybridized carbons (Fsp3) is 0.250. The monoisotopic (exact) mass is 195 g/mol. The first-order chi connectivity index (χ1) is 6.24. The maximum atomic E-state index is 11.0. The van der Waals surface area contributed by atoms with Crippen LogP contribution in [0.15, 0.2) is 11.7 Å². The van der Waals surface area contributed by atoms with Crippen LogP contribution in [0.5, 0.6) is 0 Å². The van der Waals surface area contributed by atoms with Crippen molar-refractivity contribution in [3.8, 4) is 0 Å². The van der Waals surface area contributed by atoms with Gasteiger partial charge in [0.2, 0.25) is 0 Å². The van der Waals surface area contributed by atoms with E-state index in [1.807, 2.05) is 11.5 Å². The summed E-state index contributed by atoms with van der Waals surface area (Å²) in [6, 6.07) is 0. The molecule has 0 radical (unpaired) electrons. The van der Waals surface area contributed by atoms with Crippen molar-refractivity contribution in [1.29, 1.82) is 0 Å². The number of primary amides is 1. The highest BCUT2D eigenvalue weighted by Gasteiger charge is 2.13. The van der Waals surface area contributed by atoms with Gasteiger partial charge >= 0.3 is 0 Å². The Bertz CT molecular complexity index is 457. The Labute approximate surface area is 79.0 Å². The van der Waals surface area contributed by atoms with E-state index >= 15 is 0 Å². The number of aryl methyl sites for hydroxylation is 1. The molecule has 0 bridgehead atoms. The Morgan fingerprint density at radius 1 is 1.77 bits per heavy atom. The van der Waals surface area contributed by atoms with Crippen molar-refractivity contribution in [3.63, 3.8) is 0 Å². The first kappa shape index (κ1) is 8.25. The largest absolute Gasteiger partial charge is 0.366 e. The molecule has 2 rings (SSSR count). The molecule has 1 amide bonds. The van der Waals surface area contributed by atoms with Crippen LogP contribution >= 0.6 is 11.3 Å². The number of nitrogens with zero attached hydrogens (tertiary/aromatic N) is 2. The van der Waals surface area contributed by atoms with Crippen molar-refractivity contribution in [2.45, 2.75) is 13.5 Å². The van der Waals surface area contributed by atoms with Crippen molar-refractivity contribution >= 4 is 27.6 Å². The number of hydrogen-bond donors (Lipinski definition) is 1. The summed E-state index contributed by atoms with van der Waals surface area (Å²) >= 11 is 1.45. The van der Waals surface area contributed by atoms with E-state index in [2.05, 4.69) is 4.98 Å². The molecule has 4 nitrogen and oxygen atoms in total. The predicted molar refractivity (Wildman–Crippen MR) is 51.8 cm³/mol. The molecule has 0 aliphatic carbocycles. The third-order valence-corrected chi connectivity index (χ3v) is 2.81. The van der Waals surface area contributed by atoms with Gasteiger partial charge in [-0.1, -0.05) is 0 Å². The molecule has 0 unspecified atom stereocenters. The van der Waals surface area contributed by atoms with E-state index in [9.17, 15) is 4.79 Å². The van der Waals surface area contributed by atoms with E-state index in [1.54, 1.807) is 11.7 Å². The van der Waals surface area contributed by atoms with Crippen LogP contribution in [0.25, 0.3) is 10.3 Å². The SMILES string of the molecule is CCn1cc(C(N)=O)c2scnc21. The summed E-state index contributed by atoms with van der Waals surface area (Å²) in [6.07, 6.45) is 1.76. The number of carbonyl (C=O) groups is 1. The molecule has 2 heterocycles. The molecule has 2 aromatic heterocycles. The Kier molecular flexibility index (Phi) is 1.81. The first-order valence-corrected chi connectivity index (χ1v) is 4.84. The molecule has 0 saturated heterocycles. The van der Waals surface area contributed by atoms with E-state index in [0.717, 1.165) is 16.9 Å². The van der Waals surface area contributed by atoms with Gasteiger partial charge in [-0.3, -0.25) is 4.79 Å². The summed E-state index contributed by atoms with van der Waals surface area (Å²) in [6.45, 7) is 2.80. The Morgan fingerprint density at radius 3 is 3.15 bits per heavy atom. The van der Waals surface area contributed by atoms with Gasteiger partial charge in [0.15, 0.2) is 5.65 Å². The summed E-state index contributed by atoms with van der Waals surface area (Å²) in [5, 5.41) is 0. The summed E-state index contributed by atoms with van der Waals surface area (Å²) in [4.78, 5) is 15.2. The summed E-state index contributed by atoms with van der Waals surface area (Å²) in [7, 11) is 0. The van der Waals surface area contributed by atoms with E-state index in [1.165, 1.54) is 11.3 Å². The maximum absolute atomic E-state index is 11.0. The first-order valence-electron chi connectivity index (χ1n) is 3.96. The molecule has 0 aromatic carbocycles. The zero-order valence-corrected chi connectivity index (χ0v) is 7.97. The van der Waals surface area contributed by atoms with Gasteiger partial charge in [0.1, 0.15) is 0 Å². The minimum Gasteiger partial charge on any atom is -0.366 e. The van der Waals surface area contributed by atoms with Crippen LogP contribution < -0.4 is 5.73 Å². The van der Waals surface area contributed by atoms with Gasteiger partial charge in [-0.25, -0.2) is 4.98 Å². The zero-order chi connectivity index (χ0) is 9.42. The number of aromatic nitrogens is 2. The average molecular weight is 195 g/mol. The van der Waals surface area contributed by atoms with Crippen molar-refractivity contribution in [2.75, 3.05) is 0 Å². The number of carbonyl (C=O) groups excluding carboxylic acids is 1. The zero-order valence-electron chi connectivity index (χ0n) is 7.15. The highest BCUT2D eigenvalue weighted by atomic mass is 32.1. The molecular weight excluding hydrogens is 186 g/mol. The summed E-state index contributed by atoms with van der Waals surface area (Å²) < 4.78 is 2.81. The standard InChI is InChI=1S/C8H9N3OS/c1-2-11-3-5(7(9)12)6-8(11)10-4-13-6/h3-4H,2H2,1H3,(H2,9,12). The summed E-state index contributed by atoms with van der Waals surface area (Å²) in [5.74, 6) is -0.388. The second kappa shape index (κ2) is 2.85. The molecular formula is C8H9N3OS. The van der Waals surface area contributed by atoms with E-state index in [0.29, 0.717) is 5.56 Å². The fourth-order valence-electron chi connectivity index (χ4n) is 1.32. The van der Waals surface area contributed by atoms with Gasteiger partial charge in [0.05, 0.1) is 15.8 Å². The van der Waals surface area contributed by atoms with Crippen LogP contribution in [0.1, 0.15) is 17.3 Å². The third-order valence-electron chi connectivity index (χ3n) is 1.96. The molecule has 68 valence electrons. The van der Waals surface area contributed by atoms with Crippen LogP contribution in [0.4, 0.5) is 0 Å². The van der Waals surface area contributed by atoms with Gasteiger partial charge in [0, 0.05) is 12.7 Å². The lowest BCUT2D eigenvalue weighted by atomic mass is 10.3. The Morgan fingerprint density at radius 2 is 2.54 bits per heavy atom. The highest BCUT2D eigenvalue weighted by molar-refractivity contribution is 7.17. The second-order valence-electron chi connectivity index (χ2n) is 2.70. The predicted octanol–water partition coefficient (Wildman–Crippen LogP) is 1.22. The van der Waals surface area contributed by atoms with Gasteiger partial charge in [-0.15, -0.1) is 11.3 Å². The smallest absolute Gasteiger partial charge is 0.251 e. The lowest BCUT2D eigenvalue weighted by Crippen LogP contribution is -2.09. The quantitative estimate of drug-likeness (QED) is 0.783. The van der Waals surface area contributed by atoms with Crippen LogP contribution in [0.3, 0.4) is 0 Å². The lowest BCUT2D eigenvalue weighted by Gasteiger charge is -1.93. The van der Waals surface area contributed by atoms with Crippen LogP contribution in [0.2, 0.25) is 0 Å². The molecule has 0 fully saturated rings. The topological polar surface area (TPSA) is 60.9 Å². The number of thiazole rings is 1. The third kappa shape index (κ3) is 1.12. The van der Waals surface area contributed by atoms with Crippen molar-refractivity contribution in [1.82, 2.24) is 9.55 Å². The number of hydrogen-bond acceptors (Lipinski definition) is 3. The van der Waals surface area contributed by atoms with E-state index < -0.39 is 0 Å². The number of nitrogens with two attached hydrogens (primary N) is 1. The molecule has 0 saturated carbocycles. The van der Waals surface area contributed by atoms with Crippen molar-refractivity contribution in [2.24, 2.45) is 5.73 Å². The van der Waals surface area contributed by atoms with Crippen molar-refractivity contribution in [3.05, 3.63) is 17.3 Å². The number of rotatable bonds is 2. The second-order valence-corrected chi connectivity index (χ2v) is 3.55. The van der Waals surface area contributed by atoms with Gasteiger partial charge < -0.3 is 10.3 Å². The summed E-state index contributed by atoms with van der Waals surface area (Å²) in [5.41, 5.74) is 8.38. The fourth-order valence-corrected chi connectivity index (χ4v) is 2.13. The molecule has 0 spiro atoms.